The van der Waals surface area contributed by atoms with Crippen LogP contribution in [0.3, 0.4) is 0 Å². The predicted octanol–water partition coefficient (Wildman–Crippen LogP) is 4.63. The van der Waals surface area contributed by atoms with Gasteiger partial charge in [-0.05, 0) is 78.0 Å². The van der Waals surface area contributed by atoms with Gasteiger partial charge in [0, 0.05) is 24.0 Å². The largest absolute Gasteiger partial charge is 0.465 e. The molecule has 0 saturated carbocycles. The summed E-state index contributed by atoms with van der Waals surface area (Å²) in [6.45, 7) is 10.0. The number of alkyl carbamates (subject to hydrolysis) is 1. The first-order valence-corrected chi connectivity index (χ1v) is 12.7. The minimum Gasteiger partial charge on any atom is -0.465 e. The Morgan fingerprint density at radius 3 is 2.68 bits per heavy atom. The quantitative estimate of drug-likeness (QED) is 0.444. The van der Waals surface area contributed by atoms with Gasteiger partial charge in [0.05, 0.1) is 25.5 Å². The number of aromatic nitrogens is 4. The third kappa shape index (κ3) is 6.20. The number of nitrogens with one attached hydrogen (secondary N) is 1. The highest BCUT2D eigenvalue weighted by Gasteiger charge is 2.31. The van der Waals surface area contributed by atoms with E-state index in [-0.39, 0.29) is 11.6 Å². The predicted molar refractivity (Wildman–Crippen MR) is 140 cm³/mol. The summed E-state index contributed by atoms with van der Waals surface area (Å²) in [6.07, 6.45) is 6.72. The van der Waals surface area contributed by atoms with E-state index in [0.717, 1.165) is 30.6 Å². The molecular weight excluding hydrogens is 491 g/mol. The maximum atomic E-state index is 14.4. The average molecular weight is 527 g/mol. The highest BCUT2D eigenvalue weighted by Crippen LogP contribution is 2.37. The Kier molecular flexibility index (Phi) is 7.57. The number of ether oxygens (including phenoxy) is 2. The molecule has 0 aromatic carbocycles. The third-order valence-electron chi connectivity index (χ3n) is 6.46. The van der Waals surface area contributed by atoms with Gasteiger partial charge >= 0.3 is 12.1 Å². The first kappa shape index (κ1) is 27.3. The standard InChI is InChI=1S/C27H35FN6O4/c1-26(2,3)38-25(36)32-27(4,5)11-9-20-18(14-17(28)15-29-20)21-8-7-12-33(21)22-10-13-34-23(31-22)19(16-30-34)24(35)37-6/h10,13-16,21H,7-9,11-12H2,1-6H3,(H,32,36). The van der Waals surface area contributed by atoms with E-state index < -0.39 is 29.0 Å². The van der Waals surface area contributed by atoms with Crippen LogP contribution in [0.4, 0.5) is 15.0 Å². The molecule has 0 spiro atoms. The summed E-state index contributed by atoms with van der Waals surface area (Å²) in [7, 11) is 1.31. The smallest absolute Gasteiger partial charge is 0.408 e. The van der Waals surface area contributed by atoms with Crippen LogP contribution in [0, 0.1) is 5.82 Å². The van der Waals surface area contributed by atoms with Crippen LogP contribution in [0.25, 0.3) is 5.65 Å². The molecule has 1 atom stereocenters. The molecule has 1 saturated heterocycles. The lowest BCUT2D eigenvalue weighted by Crippen LogP contribution is -2.46. The zero-order valence-corrected chi connectivity index (χ0v) is 22.7. The number of pyridine rings is 1. The van der Waals surface area contributed by atoms with Gasteiger partial charge in [-0.1, -0.05) is 0 Å². The number of hydrogen-bond acceptors (Lipinski definition) is 8. The topological polar surface area (TPSA) is 111 Å². The zero-order valence-electron chi connectivity index (χ0n) is 22.7. The molecule has 3 aromatic rings. The van der Waals surface area contributed by atoms with Gasteiger partial charge in [-0.15, -0.1) is 0 Å². The maximum absolute atomic E-state index is 14.4. The van der Waals surface area contributed by atoms with E-state index in [1.807, 2.05) is 40.7 Å². The molecule has 11 heteroatoms. The second kappa shape index (κ2) is 10.5. The molecule has 0 bridgehead atoms. The minimum absolute atomic E-state index is 0.144. The molecule has 4 heterocycles. The summed E-state index contributed by atoms with van der Waals surface area (Å²) in [4.78, 5) is 35.7. The normalized spacial score (nSPS) is 16.1. The van der Waals surface area contributed by atoms with Crippen LogP contribution < -0.4 is 10.2 Å². The fourth-order valence-corrected chi connectivity index (χ4v) is 4.69. The molecule has 1 amide bonds. The number of nitrogens with zero attached hydrogens (tertiary/aromatic N) is 5. The van der Waals surface area contributed by atoms with E-state index in [1.54, 1.807) is 6.20 Å². The molecule has 1 aliphatic rings. The van der Waals surface area contributed by atoms with E-state index >= 15 is 0 Å². The first-order chi connectivity index (χ1) is 17.9. The van der Waals surface area contributed by atoms with Crippen LogP contribution in [0.1, 0.15) is 81.5 Å². The second-order valence-electron chi connectivity index (χ2n) is 11.2. The number of esters is 1. The molecule has 1 aliphatic heterocycles. The summed E-state index contributed by atoms with van der Waals surface area (Å²) in [6, 6.07) is 3.23. The molecule has 38 heavy (non-hydrogen) atoms. The summed E-state index contributed by atoms with van der Waals surface area (Å²) in [5, 5.41) is 7.10. The van der Waals surface area contributed by atoms with Crippen LogP contribution in [-0.2, 0) is 15.9 Å². The number of halogens is 1. The SMILES string of the molecule is COC(=O)c1cnn2ccc(N3CCCC3c3cc(F)cnc3CCC(C)(C)NC(=O)OC(C)(C)C)nc12. The fourth-order valence-electron chi connectivity index (χ4n) is 4.69. The Bertz CT molecular complexity index is 1330. The number of carbonyl (C=O) groups excluding carboxylic acids is 2. The Morgan fingerprint density at radius 2 is 1.97 bits per heavy atom. The Labute approximate surface area is 221 Å². The van der Waals surface area contributed by atoms with Gasteiger partial charge in [0.2, 0.25) is 0 Å². The number of carbonyl (C=O) groups is 2. The molecule has 1 N–H and O–H groups in total. The van der Waals surface area contributed by atoms with Crippen LogP contribution >= 0.6 is 0 Å². The van der Waals surface area contributed by atoms with Crippen molar-refractivity contribution in [2.24, 2.45) is 0 Å². The Morgan fingerprint density at radius 1 is 1.21 bits per heavy atom. The van der Waals surface area contributed by atoms with Crippen LogP contribution in [0.15, 0.2) is 30.7 Å². The summed E-state index contributed by atoms with van der Waals surface area (Å²) in [5.74, 6) is -0.261. The number of anilines is 1. The number of fused-ring (bicyclic) bond motifs is 1. The maximum Gasteiger partial charge on any atom is 0.408 e. The van der Waals surface area contributed by atoms with Gasteiger partial charge in [-0.2, -0.15) is 5.10 Å². The van der Waals surface area contributed by atoms with Crippen molar-refractivity contribution in [1.29, 1.82) is 0 Å². The van der Waals surface area contributed by atoms with Crippen LogP contribution in [-0.4, -0.2) is 56.4 Å². The van der Waals surface area contributed by atoms with Gasteiger partial charge in [0.15, 0.2) is 5.65 Å². The number of amides is 1. The average Bonchev–Trinajstić information content (AvgIpc) is 3.48. The molecule has 0 aliphatic carbocycles. The minimum atomic E-state index is -0.594. The second-order valence-corrected chi connectivity index (χ2v) is 11.2. The molecule has 1 fully saturated rings. The fraction of sp³-hybridized carbons (Fsp3) is 0.519. The Hall–Kier alpha value is -3.76. The molecule has 204 valence electrons. The van der Waals surface area contributed by atoms with Crippen molar-refractivity contribution in [3.05, 3.63) is 53.4 Å². The van der Waals surface area contributed by atoms with E-state index in [2.05, 4.69) is 20.3 Å². The van der Waals surface area contributed by atoms with Crippen molar-refractivity contribution in [1.82, 2.24) is 24.9 Å². The van der Waals surface area contributed by atoms with Crippen molar-refractivity contribution in [2.75, 3.05) is 18.6 Å². The number of methoxy groups -OCH3 is 1. The lowest BCUT2D eigenvalue weighted by molar-refractivity contribution is 0.0467. The molecule has 4 rings (SSSR count). The monoisotopic (exact) mass is 526 g/mol. The number of aryl methyl sites for hydroxylation is 1. The summed E-state index contributed by atoms with van der Waals surface area (Å²) < 4.78 is 26.2. The third-order valence-corrected chi connectivity index (χ3v) is 6.46. The van der Waals surface area contributed by atoms with Crippen LogP contribution in [0.5, 0.6) is 0 Å². The zero-order chi connectivity index (χ0) is 27.7. The lowest BCUT2D eigenvalue weighted by Gasteiger charge is -2.30. The van der Waals surface area contributed by atoms with E-state index in [0.29, 0.717) is 24.3 Å². The number of rotatable bonds is 7. The number of hydrogen-bond donors (Lipinski definition) is 1. The van der Waals surface area contributed by atoms with Crippen molar-refractivity contribution in [3.63, 3.8) is 0 Å². The highest BCUT2D eigenvalue weighted by molar-refractivity contribution is 5.95. The van der Waals surface area contributed by atoms with Gasteiger partial charge < -0.3 is 19.7 Å². The molecule has 10 nitrogen and oxygen atoms in total. The lowest BCUT2D eigenvalue weighted by atomic mass is 9.93. The van der Waals surface area contributed by atoms with Crippen LogP contribution in [0.2, 0.25) is 0 Å². The summed E-state index contributed by atoms with van der Waals surface area (Å²) >= 11 is 0. The van der Waals surface area contributed by atoms with Crippen molar-refractivity contribution in [3.8, 4) is 0 Å². The van der Waals surface area contributed by atoms with E-state index in [1.165, 1.54) is 30.1 Å². The first-order valence-electron chi connectivity index (χ1n) is 12.7. The van der Waals surface area contributed by atoms with Crippen molar-refractivity contribution in [2.45, 2.75) is 77.5 Å². The van der Waals surface area contributed by atoms with Gasteiger partial charge in [0.25, 0.3) is 0 Å². The molecular formula is C27H35FN6O4. The van der Waals surface area contributed by atoms with Gasteiger partial charge in [-0.3, -0.25) is 4.98 Å². The van der Waals surface area contributed by atoms with E-state index in [9.17, 15) is 14.0 Å². The highest BCUT2D eigenvalue weighted by atomic mass is 19.1. The van der Waals surface area contributed by atoms with Gasteiger partial charge in [-0.25, -0.2) is 23.5 Å². The van der Waals surface area contributed by atoms with Crippen molar-refractivity contribution < 1.29 is 23.5 Å². The molecule has 0 radical (unpaired) electrons. The molecule has 3 aromatic heterocycles. The van der Waals surface area contributed by atoms with Crippen molar-refractivity contribution >= 4 is 23.5 Å². The Balaban J connectivity index is 1.57. The molecule has 1 unspecified atom stereocenters. The van der Waals surface area contributed by atoms with E-state index in [4.69, 9.17) is 14.5 Å². The summed E-state index contributed by atoms with van der Waals surface area (Å²) in [5.41, 5.74) is 1.07. The van der Waals surface area contributed by atoms with Gasteiger partial charge in [0.1, 0.15) is 22.8 Å².